The second kappa shape index (κ2) is 3.66. The molecule has 5 heteroatoms. The van der Waals surface area contributed by atoms with Gasteiger partial charge in [-0.25, -0.2) is 0 Å². The van der Waals surface area contributed by atoms with Crippen LogP contribution < -0.4 is 4.48 Å². The van der Waals surface area contributed by atoms with E-state index in [4.69, 9.17) is 8.94 Å². The van der Waals surface area contributed by atoms with Crippen LogP contribution in [0.5, 0.6) is 0 Å². The number of rotatable bonds is 2. The molecule has 1 atom stereocenters. The number of aliphatic imine (C=N–C) groups is 1. The molecule has 0 saturated heterocycles. The Morgan fingerprint density at radius 1 is 1.21 bits per heavy atom. The molecule has 2 aliphatic heterocycles. The number of amidine groups is 1. The predicted octanol–water partition coefficient (Wildman–Crippen LogP) is 3.07. The van der Waals surface area contributed by atoms with Crippen LogP contribution in [0.4, 0.5) is 5.69 Å². The molecule has 2 aromatic rings. The maximum atomic E-state index is 5.45. The van der Waals surface area contributed by atoms with Gasteiger partial charge in [0.2, 0.25) is 11.5 Å². The summed E-state index contributed by atoms with van der Waals surface area (Å²) in [6.45, 7) is 0. The molecule has 0 aliphatic carbocycles. The van der Waals surface area contributed by atoms with Crippen LogP contribution in [0, 0.1) is 0 Å². The Balaban J connectivity index is 1.90. The third-order valence-corrected chi connectivity index (χ3v) is 3.29. The van der Waals surface area contributed by atoms with Crippen LogP contribution in [0.1, 0.15) is 5.76 Å². The Kier molecular flexibility index (Phi) is 1.98. The first-order valence-corrected chi connectivity index (χ1v) is 5.88. The zero-order valence-electron chi connectivity index (χ0n) is 9.93. The van der Waals surface area contributed by atoms with Gasteiger partial charge in [-0.2, -0.15) is 9.48 Å². The smallest absolute Gasteiger partial charge is 0.242 e. The Morgan fingerprint density at radius 3 is 3.00 bits per heavy atom. The van der Waals surface area contributed by atoms with E-state index in [1.54, 1.807) is 24.9 Å². The molecular weight excluding hydrogens is 242 g/mol. The number of nitrogens with zero attached hydrogens (tertiary/aromatic N) is 3. The SMILES string of the molecule is C1=C[N+]2(c3cnoc3)C=C(c3ccco3)C=CC2=N1. The van der Waals surface area contributed by atoms with E-state index < -0.39 is 0 Å². The number of furan rings is 1. The first kappa shape index (κ1) is 10.3. The van der Waals surface area contributed by atoms with Gasteiger partial charge in [0.25, 0.3) is 0 Å². The van der Waals surface area contributed by atoms with Crippen LogP contribution in [0.15, 0.2) is 75.5 Å². The quantitative estimate of drug-likeness (QED) is 0.772. The summed E-state index contributed by atoms with van der Waals surface area (Å²) >= 11 is 0. The van der Waals surface area contributed by atoms with Crippen molar-refractivity contribution in [2.24, 2.45) is 4.99 Å². The van der Waals surface area contributed by atoms with Gasteiger partial charge in [0, 0.05) is 6.08 Å². The number of aromatic nitrogens is 1. The molecular formula is C14H10N3O2+. The summed E-state index contributed by atoms with van der Waals surface area (Å²) in [4.78, 5) is 4.38. The van der Waals surface area contributed by atoms with Crippen LogP contribution in [0.2, 0.25) is 0 Å². The second-order valence-corrected chi connectivity index (χ2v) is 4.34. The lowest BCUT2D eigenvalue weighted by molar-refractivity contribution is 0.419. The monoisotopic (exact) mass is 252 g/mol. The molecule has 92 valence electrons. The lowest BCUT2D eigenvalue weighted by Crippen LogP contribution is -2.42. The average molecular weight is 252 g/mol. The Labute approximate surface area is 109 Å². The van der Waals surface area contributed by atoms with Crippen molar-refractivity contribution in [2.45, 2.75) is 0 Å². The minimum Gasteiger partial charge on any atom is -0.464 e. The van der Waals surface area contributed by atoms with Crippen molar-refractivity contribution < 1.29 is 8.94 Å². The molecule has 19 heavy (non-hydrogen) atoms. The summed E-state index contributed by atoms with van der Waals surface area (Å²) in [5.41, 5.74) is 1.90. The highest BCUT2D eigenvalue weighted by molar-refractivity contribution is 6.09. The second-order valence-electron chi connectivity index (χ2n) is 4.34. The van der Waals surface area contributed by atoms with Gasteiger partial charge in [-0.1, -0.05) is 5.16 Å². The van der Waals surface area contributed by atoms with Crippen LogP contribution in [0.3, 0.4) is 0 Å². The highest BCUT2D eigenvalue weighted by atomic mass is 16.5. The molecule has 0 N–H and O–H groups in total. The Morgan fingerprint density at radius 2 is 2.21 bits per heavy atom. The first-order valence-electron chi connectivity index (χ1n) is 5.88. The zero-order valence-corrected chi connectivity index (χ0v) is 9.93. The van der Waals surface area contributed by atoms with Crippen molar-refractivity contribution >= 4 is 17.1 Å². The molecule has 2 aliphatic rings. The van der Waals surface area contributed by atoms with Gasteiger partial charge in [0.1, 0.15) is 24.4 Å². The van der Waals surface area contributed by atoms with Crippen LogP contribution in [-0.2, 0) is 0 Å². The van der Waals surface area contributed by atoms with Gasteiger partial charge in [-0.05, 0) is 18.2 Å². The fourth-order valence-electron chi connectivity index (χ4n) is 2.35. The van der Waals surface area contributed by atoms with Crippen LogP contribution in [-0.4, -0.2) is 11.0 Å². The summed E-state index contributed by atoms with van der Waals surface area (Å²) < 4.78 is 10.8. The van der Waals surface area contributed by atoms with Crippen molar-refractivity contribution in [3.63, 3.8) is 0 Å². The third-order valence-electron chi connectivity index (χ3n) is 3.29. The van der Waals surface area contributed by atoms with Gasteiger partial charge in [0.15, 0.2) is 6.26 Å². The largest absolute Gasteiger partial charge is 0.464 e. The summed E-state index contributed by atoms with van der Waals surface area (Å²) in [6, 6.07) is 3.80. The molecule has 4 heterocycles. The zero-order chi connectivity index (χ0) is 12.7. The number of fused-ring (bicyclic) bond motifs is 1. The lowest BCUT2D eigenvalue weighted by atomic mass is 10.1. The summed E-state index contributed by atoms with van der Waals surface area (Å²) in [5.74, 6) is 1.73. The van der Waals surface area contributed by atoms with E-state index in [9.17, 15) is 0 Å². The van der Waals surface area contributed by atoms with Gasteiger partial charge in [-0.3, -0.25) is 0 Å². The molecule has 0 fully saturated rings. The van der Waals surface area contributed by atoms with E-state index >= 15 is 0 Å². The molecule has 0 bridgehead atoms. The molecule has 0 radical (unpaired) electrons. The molecule has 0 aromatic carbocycles. The van der Waals surface area contributed by atoms with Crippen molar-refractivity contribution in [3.8, 4) is 0 Å². The van der Waals surface area contributed by atoms with Gasteiger partial charge < -0.3 is 8.94 Å². The maximum Gasteiger partial charge on any atom is 0.242 e. The Hall–Kier alpha value is -2.66. The normalized spacial score (nSPS) is 24.2. The molecule has 4 rings (SSSR count). The minimum atomic E-state index is 0.371. The molecule has 0 saturated carbocycles. The summed E-state index contributed by atoms with van der Waals surface area (Å²) in [7, 11) is 0. The minimum absolute atomic E-state index is 0.371. The molecule has 0 amide bonds. The standard InChI is InChI=1S/C14H10N3O2/c1-2-13(18-7-1)11-3-4-14-15-5-6-17(14,9-11)12-8-16-19-10-12/h1-10H/q+1. The molecule has 5 nitrogen and oxygen atoms in total. The first-order chi connectivity index (χ1) is 9.38. The number of hydrogen-bond donors (Lipinski definition) is 0. The number of quaternary nitrogens is 1. The van der Waals surface area contributed by atoms with Gasteiger partial charge >= 0.3 is 0 Å². The van der Waals surface area contributed by atoms with Gasteiger partial charge in [-0.15, -0.1) is 0 Å². The Bertz CT molecular complexity index is 721. The van der Waals surface area contributed by atoms with Crippen molar-refractivity contribution in [2.75, 3.05) is 0 Å². The van der Waals surface area contributed by atoms with Gasteiger partial charge in [0.05, 0.1) is 18.0 Å². The van der Waals surface area contributed by atoms with Crippen LogP contribution in [0.25, 0.3) is 5.57 Å². The lowest BCUT2D eigenvalue weighted by Gasteiger charge is -2.26. The molecule has 0 spiro atoms. The maximum absolute atomic E-state index is 5.45. The van der Waals surface area contributed by atoms with Crippen molar-refractivity contribution in [3.05, 3.63) is 67.4 Å². The average Bonchev–Trinajstić information content (AvgIpc) is 3.18. The highest BCUT2D eigenvalue weighted by Gasteiger charge is 2.39. The van der Waals surface area contributed by atoms with E-state index in [0.717, 1.165) is 22.9 Å². The fraction of sp³-hybridized carbons (Fsp3) is 0. The van der Waals surface area contributed by atoms with Crippen molar-refractivity contribution in [1.29, 1.82) is 0 Å². The fourth-order valence-corrected chi connectivity index (χ4v) is 2.35. The van der Waals surface area contributed by atoms with E-state index in [2.05, 4.69) is 16.3 Å². The van der Waals surface area contributed by atoms with Crippen molar-refractivity contribution in [1.82, 2.24) is 9.64 Å². The summed E-state index contributed by atoms with van der Waals surface area (Å²) in [6.07, 6.45) is 14.8. The topological polar surface area (TPSA) is 51.5 Å². The third kappa shape index (κ3) is 1.39. The van der Waals surface area contributed by atoms with E-state index in [-0.39, 0.29) is 0 Å². The molecule has 2 aromatic heterocycles. The number of allylic oxidation sites excluding steroid dienone is 2. The predicted molar refractivity (Wildman–Crippen MR) is 70.7 cm³/mol. The molecule has 1 unspecified atom stereocenters. The number of hydrogen-bond acceptors (Lipinski definition) is 4. The highest BCUT2D eigenvalue weighted by Crippen LogP contribution is 2.35. The van der Waals surface area contributed by atoms with E-state index in [1.165, 1.54) is 0 Å². The summed E-state index contributed by atoms with van der Waals surface area (Å²) in [5, 5.41) is 3.78. The van der Waals surface area contributed by atoms with E-state index in [1.807, 2.05) is 30.5 Å². The van der Waals surface area contributed by atoms with Crippen LogP contribution >= 0.6 is 0 Å². The van der Waals surface area contributed by atoms with E-state index in [0.29, 0.717) is 4.48 Å².